The molecule has 0 aliphatic rings. The van der Waals surface area contributed by atoms with Gasteiger partial charge in [0.1, 0.15) is 0 Å². The third-order valence-electron chi connectivity index (χ3n) is 2.56. The maximum absolute atomic E-state index is 11.7. The Morgan fingerprint density at radius 3 is 2.83 bits per heavy atom. The van der Waals surface area contributed by atoms with Gasteiger partial charge in [0.15, 0.2) is 0 Å². The number of esters is 1. The second kappa shape index (κ2) is 4.84. The Morgan fingerprint density at radius 2 is 2.22 bits per heavy atom. The van der Waals surface area contributed by atoms with Crippen LogP contribution in [0.25, 0.3) is 10.4 Å². The van der Waals surface area contributed by atoms with Gasteiger partial charge in [-0.15, -0.1) is 22.7 Å². The zero-order chi connectivity index (χ0) is 13.3. The monoisotopic (exact) mass is 281 g/mol. The van der Waals surface area contributed by atoms with Crippen molar-refractivity contribution in [2.24, 2.45) is 0 Å². The number of thiophene rings is 2. The molecular formula is C13H13O3S2. The lowest BCUT2D eigenvalue weighted by Crippen LogP contribution is -2.15. The van der Waals surface area contributed by atoms with Crippen LogP contribution in [0.1, 0.15) is 29.8 Å². The molecule has 0 spiro atoms. The van der Waals surface area contributed by atoms with Gasteiger partial charge in [-0.25, -0.2) is 4.79 Å². The van der Waals surface area contributed by atoms with E-state index in [1.165, 1.54) is 29.8 Å². The summed E-state index contributed by atoms with van der Waals surface area (Å²) >= 11 is 2.81. The maximum atomic E-state index is 11.7. The Bertz CT molecular complexity index is 561. The highest BCUT2D eigenvalue weighted by Gasteiger charge is 2.25. The van der Waals surface area contributed by atoms with Crippen LogP contribution in [-0.4, -0.2) is 18.2 Å². The minimum absolute atomic E-state index is 0.377. The SMILES string of the molecule is COC(=O)c1cs[c]c1-c1sccc1C(C)(C)O. The van der Waals surface area contributed by atoms with Gasteiger partial charge >= 0.3 is 5.97 Å². The van der Waals surface area contributed by atoms with E-state index in [0.717, 1.165) is 10.4 Å². The van der Waals surface area contributed by atoms with E-state index in [1.807, 2.05) is 11.4 Å². The van der Waals surface area contributed by atoms with Gasteiger partial charge in [-0.05, 0) is 25.3 Å². The lowest BCUT2D eigenvalue weighted by molar-refractivity contribution is 0.0601. The van der Waals surface area contributed by atoms with Crippen molar-refractivity contribution in [3.8, 4) is 10.4 Å². The van der Waals surface area contributed by atoms with Crippen molar-refractivity contribution in [1.29, 1.82) is 0 Å². The van der Waals surface area contributed by atoms with Gasteiger partial charge < -0.3 is 9.84 Å². The van der Waals surface area contributed by atoms with Crippen LogP contribution in [0.15, 0.2) is 16.8 Å². The summed E-state index contributed by atoms with van der Waals surface area (Å²) < 4.78 is 4.75. The van der Waals surface area contributed by atoms with Crippen LogP contribution >= 0.6 is 22.7 Å². The molecule has 0 aliphatic heterocycles. The van der Waals surface area contributed by atoms with Gasteiger partial charge in [-0.3, -0.25) is 0 Å². The molecule has 5 heteroatoms. The highest BCUT2D eigenvalue weighted by Crippen LogP contribution is 2.39. The number of ether oxygens (including phenoxy) is 1. The van der Waals surface area contributed by atoms with Crippen LogP contribution in [0.4, 0.5) is 0 Å². The van der Waals surface area contributed by atoms with Gasteiger partial charge in [-0.2, -0.15) is 0 Å². The zero-order valence-electron chi connectivity index (χ0n) is 10.3. The lowest BCUT2D eigenvalue weighted by Gasteiger charge is -2.18. The number of hydrogen-bond acceptors (Lipinski definition) is 5. The fourth-order valence-electron chi connectivity index (χ4n) is 1.67. The van der Waals surface area contributed by atoms with Gasteiger partial charge in [-0.1, -0.05) is 0 Å². The molecule has 0 saturated carbocycles. The van der Waals surface area contributed by atoms with E-state index in [-0.39, 0.29) is 5.97 Å². The fourth-order valence-corrected chi connectivity index (χ4v) is 3.52. The molecule has 2 aromatic rings. The molecule has 2 aromatic heterocycles. The van der Waals surface area contributed by atoms with Crippen LogP contribution in [0.3, 0.4) is 0 Å². The third kappa shape index (κ3) is 2.34. The number of aliphatic hydroxyl groups is 1. The summed E-state index contributed by atoms with van der Waals surface area (Å²) in [6, 6.07) is 1.87. The van der Waals surface area contributed by atoms with E-state index in [4.69, 9.17) is 4.74 Å². The van der Waals surface area contributed by atoms with Gasteiger partial charge in [0.2, 0.25) is 0 Å². The smallest absolute Gasteiger partial charge is 0.339 e. The van der Waals surface area contributed by atoms with Crippen LogP contribution in [-0.2, 0) is 10.3 Å². The molecule has 0 saturated heterocycles. The summed E-state index contributed by atoms with van der Waals surface area (Å²) in [6.45, 7) is 3.45. The Morgan fingerprint density at radius 1 is 1.50 bits per heavy atom. The summed E-state index contributed by atoms with van der Waals surface area (Å²) in [5.41, 5.74) is 1.06. The van der Waals surface area contributed by atoms with Crippen molar-refractivity contribution < 1.29 is 14.6 Å². The zero-order valence-corrected chi connectivity index (χ0v) is 11.9. The molecule has 0 fully saturated rings. The maximum Gasteiger partial charge on any atom is 0.339 e. The molecule has 1 N–H and O–H groups in total. The number of carbonyl (C=O) groups is 1. The number of methoxy groups -OCH3 is 1. The second-order valence-corrected chi connectivity index (χ2v) is 5.93. The molecule has 0 unspecified atom stereocenters. The topological polar surface area (TPSA) is 46.5 Å². The van der Waals surface area contributed by atoms with Crippen LogP contribution in [0.2, 0.25) is 0 Å². The van der Waals surface area contributed by atoms with Crippen LogP contribution in [0, 0.1) is 5.38 Å². The molecule has 3 nitrogen and oxygen atoms in total. The molecule has 1 radical (unpaired) electrons. The minimum atomic E-state index is -0.946. The molecular weight excluding hydrogens is 268 g/mol. The van der Waals surface area contributed by atoms with Gasteiger partial charge in [0.25, 0.3) is 0 Å². The normalized spacial score (nSPS) is 11.6. The molecule has 0 atom stereocenters. The van der Waals surface area contributed by atoms with Crippen molar-refractivity contribution in [3.63, 3.8) is 0 Å². The highest BCUT2D eigenvalue weighted by molar-refractivity contribution is 7.14. The van der Waals surface area contributed by atoms with Gasteiger partial charge in [0, 0.05) is 21.4 Å². The van der Waals surface area contributed by atoms with Crippen molar-refractivity contribution in [2.45, 2.75) is 19.4 Å². The fraction of sp³-hybridized carbons (Fsp3) is 0.308. The van der Waals surface area contributed by atoms with E-state index in [1.54, 1.807) is 19.2 Å². The van der Waals surface area contributed by atoms with Crippen LogP contribution < -0.4 is 0 Å². The number of rotatable bonds is 3. The lowest BCUT2D eigenvalue weighted by atomic mass is 9.96. The van der Waals surface area contributed by atoms with E-state index < -0.39 is 5.60 Å². The first-order chi connectivity index (χ1) is 8.45. The second-order valence-electron chi connectivity index (χ2n) is 4.34. The van der Waals surface area contributed by atoms with Crippen molar-refractivity contribution >= 4 is 28.6 Å². The number of carbonyl (C=O) groups excluding carboxylic acids is 1. The summed E-state index contributed by atoms with van der Waals surface area (Å²) in [5, 5.41) is 16.8. The summed E-state index contributed by atoms with van der Waals surface area (Å²) in [6.07, 6.45) is 0. The third-order valence-corrected chi connectivity index (χ3v) is 4.17. The molecule has 0 aromatic carbocycles. The quantitative estimate of drug-likeness (QED) is 0.878. The summed E-state index contributed by atoms with van der Waals surface area (Å²) in [5.74, 6) is -0.377. The predicted molar refractivity (Wildman–Crippen MR) is 73.1 cm³/mol. The summed E-state index contributed by atoms with van der Waals surface area (Å²) in [7, 11) is 1.36. The molecule has 2 rings (SSSR count). The Balaban J connectivity index is 2.54. The Hall–Kier alpha value is -1.17. The Labute approximate surface area is 114 Å². The van der Waals surface area contributed by atoms with E-state index >= 15 is 0 Å². The van der Waals surface area contributed by atoms with E-state index in [9.17, 15) is 9.90 Å². The molecule has 2 heterocycles. The molecule has 18 heavy (non-hydrogen) atoms. The molecule has 0 amide bonds. The van der Waals surface area contributed by atoms with Crippen molar-refractivity contribution in [1.82, 2.24) is 0 Å². The first kappa shape index (κ1) is 13.3. The van der Waals surface area contributed by atoms with Crippen LogP contribution in [0.5, 0.6) is 0 Å². The molecule has 0 aliphatic carbocycles. The molecule has 0 bridgehead atoms. The highest BCUT2D eigenvalue weighted by atomic mass is 32.1. The first-order valence-electron chi connectivity index (χ1n) is 5.33. The minimum Gasteiger partial charge on any atom is -0.465 e. The number of hydrogen-bond donors (Lipinski definition) is 1. The predicted octanol–water partition coefficient (Wildman–Crippen LogP) is 3.29. The van der Waals surface area contributed by atoms with E-state index in [0.29, 0.717) is 11.1 Å². The van der Waals surface area contributed by atoms with Crippen molar-refractivity contribution in [2.75, 3.05) is 7.11 Å². The average molecular weight is 281 g/mol. The van der Waals surface area contributed by atoms with Crippen molar-refractivity contribution in [3.05, 3.63) is 33.3 Å². The first-order valence-corrected chi connectivity index (χ1v) is 7.09. The molecule has 95 valence electrons. The van der Waals surface area contributed by atoms with E-state index in [2.05, 4.69) is 5.38 Å². The largest absolute Gasteiger partial charge is 0.465 e. The van der Waals surface area contributed by atoms with Gasteiger partial charge in [0.05, 0.1) is 23.7 Å². The standard InChI is InChI=1S/C13H13O3S2/c1-13(2,15)10-4-5-18-11(10)8-6-17-7-9(8)12(14)16-3/h4-5,7,15H,1-3H3. The summed E-state index contributed by atoms with van der Waals surface area (Å²) in [4.78, 5) is 12.5. The Kier molecular flexibility index (Phi) is 3.56. The average Bonchev–Trinajstić information content (AvgIpc) is 2.94.